The third-order valence-corrected chi connectivity index (χ3v) is 19.9. The molecule has 0 N–H and O–H groups in total. The first-order chi connectivity index (χ1) is 50.2. The van der Waals surface area contributed by atoms with E-state index >= 15 is 0 Å². The Kier molecular flexibility index (Phi) is 16.5. The SMILES string of the molecule is CC(C)(C)c1ccc(N(c2cccc(-c3cccc(-n4c5ccccc5c5ccccc54)c3)c2)c2cccc3ccccc23)cc1.c1ccc(-c2ccc(N(c3ccc(-c4ccccc4)cc3)c3ccc(-c4cc(-c5ccccc5)cc(-n5c6ccccc6c6ccccc65)c4)cc3)cc2)cc1. The van der Waals surface area contributed by atoms with Gasteiger partial charge in [0.25, 0.3) is 0 Å². The van der Waals surface area contributed by atoms with Crippen LogP contribution >= 0.6 is 0 Å². The minimum atomic E-state index is 0.0874. The normalized spacial score (nSPS) is 11.5. The number of hydrogen-bond donors (Lipinski definition) is 0. The summed E-state index contributed by atoms with van der Waals surface area (Å²) in [6, 6.07) is 143. The lowest BCUT2D eigenvalue weighted by Gasteiger charge is -2.28. The second-order valence-corrected chi connectivity index (χ2v) is 27.3. The highest BCUT2D eigenvalue weighted by atomic mass is 15.1. The highest BCUT2D eigenvalue weighted by Gasteiger charge is 2.22. The molecule has 0 fully saturated rings. The maximum Gasteiger partial charge on any atom is 0.0541 e. The fourth-order valence-corrected chi connectivity index (χ4v) is 14.8. The zero-order chi connectivity index (χ0) is 68.5. The van der Waals surface area contributed by atoms with Gasteiger partial charge in [-0.25, -0.2) is 0 Å². The molecule has 18 rings (SSSR count). The molecule has 486 valence electrons. The topological polar surface area (TPSA) is 16.3 Å². The van der Waals surface area contributed by atoms with Crippen molar-refractivity contribution in [1.29, 1.82) is 0 Å². The van der Waals surface area contributed by atoms with Gasteiger partial charge in [0.2, 0.25) is 0 Å². The maximum atomic E-state index is 2.41. The van der Waals surface area contributed by atoms with Crippen LogP contribution in [-0.2, 0) is 5.41 Å². The van der Waals surface area contributed by atoms with Crippen molar-refractivity contribution in [2.75, 3.05) is 9.80 Å². The second kappa shape index (κ2) is 27.0. The summed E-state index contributed by atoms with van der Waals surface area (Å²) in [6.07, 6.45) is 0. The molecule has 0 radical (unpaired) electrons. The smallest absolute Gasteiger partial charge is 0.0541 e. The summed E-state index contributed by atoms with van der Waals surface area (Å²) in [7, 11) is 0. The van der Waals surface area contributed by atoms with Crippen molar-refractivity contribution in [3.05, 3.63) is 400 Å². The van der Waals surface area contributed by atoms with E-state index in [-0.39, 0.29) is 5.41 Å². The van der Waals surface area contributed by atoms with Crippen molar-refractivity contribution >= 4 is 88.5 Å². The fraction of sp³-hybridized carbons (Fsp3) is 0.0408. The summed E-state index contributed by atoms with van der Waals surface area (Å²) < 4.78 is 4.80. The quantitative estimate of drug-likeness (QED) is 0.114. The first kappa shape index (κ1) is 62.5. The first-order valence-corrected chi connectivity index (χ1v) is 35.2. The standard InChI is InChI=1S/C54H38N2.C44H36N2/c1-4-14-39(15-5-1)42-24-30-47(31-25-42)55(48-32-26-43(27-33-48)40-16-6-2-7-17-40)49-34-28-44(29-35-49)46-36-45(41-18-8-3-9-19-41)37-50(38-46)56-53-22-12-10-20-51(53)52-21-11-13-23-54(52)56;1-44(2,3)34-25-27-35(28-26-34)45(41-24-12-14-31-13-4-5-19-38(31)41)36-17-10-15-32(29-36)33-16-11-18-37(30-33)46-42-22-8-6-20-39(42)40-21-7-9-23-43(40)46/h1-38H;4-30H,1-3H3. The zero-order valence-electron chi connectivity index (χ0n) is 57.3. The van der Waals surface area contributed by atoms with E-state index in [9.17, 15) is 0 Å². The molecule has 16 aromatic carbocycles. The second-order valence-electron chi connectivity index (χ2n) is 27.3. The van der Waals surface area contributed by atoms with Crippen molar-refractivity contribution in [2.45, 2.75) is 26.2 Å². The Morgan fingerprint density at radius 1 is 0.206 bits per heavy atom. The van der Waals surface area contributed by atoms with Crippen LogP contribution in [0.1, 0.15) is 26.3 Å². The molecule has 0 atom stereocenters. The summed E-state index contributed by atoms with van der Waals surface area (Å²) in [5, 5.41) is 7.51. The van der Waals surface area contributed by atoms with Crippen molar-refractivity contribution in [3.8, 4) is 67.0 Å². The third-order valence-electron chi connectivity index (χ3n) is 19.9. The molecule has 0 bridgehead atoms. The van der Waals surface area contributed by atoms with Crippen LogP contribution in [0.4, 0.5) is 34.1 Å². The van der Waals surface area contributed by atoms with Gasteiger partial charge in [-0.05, 0) is 193 Å². The third kappa shape index (κ3) is 12.2. The van der Waals surface area contributed by atoms with Gasteiger partial charge in [-0.2, -0.15) is 0 Å². The molecule has 0 spiro atoms. The highest BCUT2D eigenvalue weighted by molar-refractivity contribution is 6.11. The van der Waals surface area contributed by atoms with Crippen LogP contribution in [0.3, 0.4) is 0 Å². The molecule has 18 aromatic rings. The first-order valence-electron chi connectivity index (χ1n) is 35.2. The Morgan fingerprint density at radius 2 is 0.529 bits per heavy atom. The molecule has 102 heavy (non-hydrogen) atoms. The monoisotopic (exact) mass is 1310 g/mol. The van der Waals surface area contributed by atoms with Crippen molar-refractivity contribution in [2.24, 2.45) is 0 Å². The van der Waals surface area contributed by atoms with Crippen LogP contribution in [0, 0.1) is 0 Å². The molecule has 0 saturated carbocycles. The highest BCUT2D eigenvalue weighted by Crippen LogP contribution is 2.44. The maximum absolute atomic E-state index is 2.41. The largest absolute Gasteiger partial charge is 0.311 e. The molecule has 0 aliphatic rings. The number of rotatable bonds is 13. The van der Waals surface area contributed by atoms with E-state index in [0.717, 1.165) is 51.1 Å². The molecule has 2 heterocycles. The molecular formula is C98H74N4. The van der Waals surface area contributed by atoms with Gasteiger partial charge in [-0.3, -0.25) is 0 Å². The molecule has 4 nitrogen and oxygen atoms in total. The Bertz CT molecular complexity index is 5810. The van der Waals surface area contributed by atoms with Gasteiger partial charge < -0.3 is 18.9 Å². The Morgan fingerprint density at radius 3 is 1.00 bits per heavy atom. The summed E-state index contributed by atoms with van der Waals surface area (Å²) in [4.78, 5) is 4.74. The van der Waals surface area contributed by atoms with Crippen molar-refractivity contribution in [1.82, 2.24) is 9.13 Å². The molecule has 4 heteroatoms. The van der Waals surface area contributed by atoms with Crippen LogP contribution < -0.4 is 9.80 Å². The Labute approximate surface area is 596 Å². The van der Waals surface area contributed by atoms with Crippen LogP contribution in [0.25, 0.3) is 121 Å². The average Bonchev–Trinajstić information content (AvgIpc) is 1.56. The number of aromatic nitrogens is 2. The lowest BCUT2D eigenvalue weighted by Crippen LogP contribution is -2.13. The number of benzene rings is 16. The molecular weight excluding hydrogens is 1230 g/mol. The molecule has 0 aliphatic carbocycles. The number of nitrogens with zero attached hydrogens (tertiary/aromatic N) is 4. The van der Waals surface area contributed by atoms with Gasteiger partial charge in [-0.1, -0.05) is 294 Å². The van der Waals surface area contributed by atoms with Crippen molar-refractivity contribution in [3.63, 3.8) is 0 Å². The molecule has 2 aromatic heterocycles. The average molecular weight is 1310 g/mol. The Balaban J connectivity index is 0.000000155. The van der Waals surface area contributed by atoms with Crippen LogP contribution in [0.5, 0.6) is 0 Å². The molecule has 0 amide bonds. The van der Waals surface area contributed by atoms with E-state index in [1.807, 2.05) is 0 Å². The Hall–Kier alpha value is -13.0. The van der Waals surface area contributed by atoms with Crippen LogP contribution in [-0.4, -0.2) is 9.13 Å². The number of para-hydroxylation sites is 4. The number of fused-ring (bicyclic) bond motifs is 7. The van der Waals surface area contributed by atoms with Crippen LogP contribution in [0.15, 0.2) is 394 Å². The predicted octanol–water partition coefficient (Wildman–Crippen LogP) is 27.3. The van der Waals surface area contributed by atoms with Gasteiger partial charge in [0.1, 0.15) is 0 Å². The number of hydrogen-bond acceptors (Lipinski definition) is 2. The summed E-state index contributed by atoms with van der Waals surface area (Å²) >= 11 is 0. The summed E-state index contributed by atoms with van der Waals surface area (Å²) in [5.74, 6) is 0. The lowest BCUT2D eigenvalue weighted by molar-refractivity contribution is 0.590. The molecule has 0 unspecified atom stereocenters. The fourth-order valence-electron chi connectivity index (χ4n) is 14.8. The van der Waals surface area contributed by atoms with Crippen molar-refractivity contribution < 1.29 is 0 Å². The van der Waals surface area contributed by atoms with Gasteiger partial charge >= 0.3 is 0 Å². The van der Waals surface area contributed by atoms with Gasteiger partial charge in [-0.15, -0.1) is 0 Å². The van der Waals surface area contributed by atoms with E-state index in [0.29, 0.717) is 0 Å². The summed E-state index contributed by atoms with van der Waals surface area (Å²) in [5.41, 5.74) is 27.1. The van der Waals surface area contributed by atoms with Gasteiger partial charge in [0.05, 0.1) is 27.8 Å². The minimum absolute atomic E-state index is 0.0874. The van der Waals surface area contributed by atoms with E-state index in [1.165, 1.54) is 110 Å². The van der Waals surface area contributed by atoms with Gasteiger partial charge in [0, 0.05) is 66.7 Å². The van der Waals surface area contributed by atoms with E-state index < -0.39 is 0 Å². The van der Waals surface area contributed by atoms with Crippen LogP contribution in [0.2, 0.25) is 0 Å². The predicted molar refractivity (Wildman–Crippen MR) is 434 cm³/mol. The molecule has 0 aliphatic heterocycles. The van der Waals surface area contributed by atoms with Gasteiger partial charge in [0.15, 0.2) is 0 Å². The number of anilines is 6. The van der Waals surface area contributed by atoms with E-state index in [4.69, 9.17) is 0 Å². The van der Waals surface area contributed by atoms with E-state index in [1.54, 1.807) is 0 Å². The lowest BCUT2D eigenvalue weighted by atomic mass is 9.87. The minimum Gasteiger partial charge on any atom is -0.311 e. The van der Waals surface area contributed by atoms with E-state index in [2.05, 4.69) is 434 Å². The molecule has 0 saturated heterocycles. The zero-order valence-corrected chi connectivity index (χ0v) is 57.3. The summed E-state index contributed by atoms with van der Waals surface area (Å²) in [6.45, 7) is 6.80.